The minimum atomic E-state index is 0.441. The summed E-state index contributed by atoms with van der Waals surface area (Å²) in [6, 6.07) is 1.96. The van der Waals surface area contributed by atoms with Gasteiger partial charge < -0.3 is 4.98 Å². The minimum Gasteiger partial charge on any atom is -0.344 e. The molecule has 12 heavy (non-hydrogen) atoms. The van der Waals surface area contributed by atoms with Crippen LogP contribution in [-0.4, -0.2) is 16.3 Å². The Kier molecular flexibility index (Phi) is 1.75. The van der Waals surface area contributed by atoms with Gasteiger partial charge in [-0.05, 0) is 11.4 Å². The normalized spacial score (nSPS) is 10.0. The second-order valence-electron chi connectivity index (χ2n) is 2.30. The van der Waals surface area contributed by atoms with Gasteiger partial charge in [-0.25, -0.2) is 4.98 Å². The molecule has 2 heterocycles. The van der Waals surface area contributed by atoms with Gasteiger partial charge in [0.05, 0.1) is 0 Å². The Morgan fingerprint density at radius 2 is 2.50 bits per heavy atom. The molecule has 0 spiro atoms. The van der Waals surface area contributed by atoms with Crippen LogP contribution in [0.15, 0.2) is 23.0 Å². The van der Waals surface area contributed by atoms with Crippen molar-refractivity contribution in [3.05, 3.63) is 28.7 Å². The number of aldehydes is 1. The number of aromatic amines is 1. The van der Waals surface area contributed by atoms with Gasteiger partial charge in [-0.3, -0.25) is 4.79 Å². The monoisotopic (exact) mass is 178 g/mol. The average molecular weight is 178 g/mol. The molecular formula is C8H6N2OS. The van der Waals surface area contributed by atoms with Gasteiger partial charge in [-0.2, -0.15) is 11.3 Å². The molecule has 2 aromatic heterocycles. The van der Waals surface area contributed by atoms with Crippen molar-refractivity contribution in [2.45, 2.75) is 0 Å². The number of nitrogens with one attached hydrogen (secondary N) is 1. The molecule has 2 rings (SSSR count). The van der Waals surface area contributed by atoms with Gasteiger partial charge >= 0.3 is 0 Å². The number of H-pyrrole nitrogens is 1. The molecular weight excluding hydrogens is 172 g/mol. The largest absolute Gasteiger partial charge is 0.344 e. The van der Waals surface area contributed by atoms with E-state index in [9.17, 15) is 4.79 Å². The lowest BCUT2D eigenvalue weighted by Gasteiger charge is -1.86. The fourth-order valence-electron chi connectivity index (χ4n) is 0.943. The van der Waals surface area contributed by atoms with Gasteiger partial charge in [0, 0.05) is 17.1 Å². The molecule has 3 nitrogen and oxygen atoms in total. The fourth-order valence-corrected chi connectivity index (χ4v) is 1.58. The lowest BCUT2D eigenvalue weighted by molar-refractivity contribution is 0.111. The van der Waals surface area contributed by atoms with E-state index in [1.54, 1.807) is 17.5 Å². The highest BCUT2D eigenvalue weighted by Crippen LogP contribution is 2.17. The van der Waals surface area contributed by atoms with Crippen LogP contribution in [0.1, 0.15) is 10.5 Å². The molecule has 2 aromatic rings. The lowest BCUT2D eigenvalue weighted by atomic mass is 10.3. The first-order valence-corrected chi connectivity index (χ1v) is 4.37. The number of hydrogen-bond donors (Lipinski definition) is 1. The summed E-state index contributed by atoms with van der Waals surface area (Å²) in [5.74, 6) is 0.748. The first-order chi connectivity index (χ1) is 5.90. The molecule has 0 aliphatic carbocycles. The van der Waals surface area contributed by atoms with Crippen LogP contribution in [0.2, 0.25) is 0 Å². The van der Waals surface area contributed by atoms with Crippen molar-refractivity contribution < 1.29 is 4.79 Å². The standard InChI is InChI=1S/C8H6N2OS/c11-4-7-3-9-8(10-7)6-1-2-12-5-6/h1-5H,(H,9,10). The van der Waals surface area contributed by atoms with E-state index < -0.39 is 0 Å². The predicted molar refractivity (Wildman–Crippen MR) is 47.3 cm³/mol. The third-order valence-corrected chi connectivity index (χ3v) is 2.20. The summed E-state index contributed by atoms with van der Waals surface area (Å²) < 4.78 is 0. The second-order valence-corrected chi connectivity index (χ2v) is 3.08. The van der Waals surface area contributed by atoms with E-state index in [4.69, 9.17) is 0 Å². The number of hydrogen-bond acceptors (Lipinski definition) is 3. The highest BCUT2D eigenvalue weighted by atomic mass is 32.1. The first-order valence-electron chi connectivity index (χ1n) is 3.43. The Hall–Kier alpha value is -1.42. The maximum atomic E-state index is 10.3. The van der Waals surface area contributed by atoms with Crippen LogP contribution in [0.3, 0.4) is 0 Å². The highest BCUT2D eigenvalue weighted by Gasteiger charge is 2.02. The van der Waals surface area contributed by atoms with E-state index in [-0.39, 0.29) is 0 Å². The Morgan fingerprint density at radius 3 is 3.08 bits per heavy atom. The summed E-state index contributed by atoms with van der Waals surface area (Å²) in [4.78, 5) is 17.3. The van der Waals surface area contributed by atoms with Crippen molar-refractivity contribution in [2.75, 3.05) is 0 Å². The van der Waals surface area contributed by atoms with Gasteiger partial charge in [-0.15, -0.1) is 0 Å². The number of thiophene rings is 1. The molecule has 0 atom stereocenters. The Labute approximate surface area is 73.1 Å². The highest BCUT2D eigenvalue weighted by molar-refractivity contribution is 7.08. The van der Waals surface area contributed by atoms with Crippen molar-refractivity contribution in [3.8, 4) is 11.4 Å². The number of rotatable bonds is 2. The topological polar surface area (TPSA) is 45.8 Å². The zero-order valence-electron chi connectivity index (χ0n) is 6.15. The summed E-state index contributed by atoms with van der Waals surface area (Å²) in [7, 11) is 0. The van der Waals surface area contributed by atoms with E-state index in [0.717, 1.165) is 17.7 Å². The average Bonchev–Trinajstić information content (AvgIpc) is 2.75. The maximum Gasteiger partial charge on any atom is 0.170 e. The van der Waals surface area contributed by atoms with Crippen molar-refractivity contribution in [1.82, 2.24) is 9.97 Å². The van der Waals surface area contributed by atoms with Crippen LogP contribution < -0.4 is 0 Å². The van der Waals surface area contributed by atoms with Crippen molar-refractivity contribution >= 4 is 17.6 Å². The molecule has 0 bridgehead atoms. The third-order valence-electron chi connectivity index (χ3n) is 1.51. The Balaban J connectivity index is 2.41. The Morgan fingerprint density at radius 1 is 1.58 bits per heavy atom. The fraction of sp³-hybridized carbons (Fsp3) is 0. The molecule has 0 saturated carbocycles. The van der Waals surface area contributed by atoms with E-state index in [1.807, 2.05) is 16.8 Å². The van der Waals surface area contributed by atoms with E-state index in [2.05, 4.69) is 9.97 Å². The molecule has 60 valence electrons. The van der Waals surface area contributed by atoms with E-state index in [1.165, 1.54) is 0 Å². The third kappa shape index (κ3) is 1.16. The van der Waals surface area contributed by atoms with Crippen LogP contribution >= 0.6 is 11.3 Å². The molecule has 0 aliphatic heterocycles. The number of carbonyl (C=O) groups excluding carboxylic acids is 1. The molecule has 0 saturated heterocycles. The van der Waals surface area contributed by atoms with Crippen LogP contribution in [0.25, 0.3) is 11.4 Å². The van der Waals surface area contributed by atoms with E-state index >= 15 is 0 Å². The number of nitrogens with zero attached hydrogens (tertiary/aromatic N) is 1. The zero-order valence-corrected chi connectivity index (χ0v) is 6.97. The van der Waals surface area contributed by atoms with Gasteiger partial charge in [0.25, 0.3) is 0 Å². The van der Waals surface area contributed by atoms with Crippen molar-refractivity contribution in [3.63, 3.8) is 0 Å². The van der Waals surface area contributed by atoms with E-state index in [0.29, 0.717) is 5.69 Å². The maximum absolute atomic E-state index is 10.3. The molecule has 4 heteroatoms. The smallest absolute Gasteiger partial charge is 0.170 e. The summed E-state index contributed by atoms with van der Waals surface area (Å²) in [5, 5.41) is 3.95. The first kappa shape index (κ1) is 7.24. The quantitative estimate of drug-likeness (QED) is 0.714. The molecule has 1 N–H and O–H groups in total. The van der Waals surface area contributed by atoms with Crippen molar-refractivity contribution in [1.29, 1.82) is 0 Å². The molecule has 0 aromatic carbocycles. The molecule has 0 radical (unpaired) electrons. The lowest BCUT2D eigenvalue weighted by Crippen LogP contribution is -1.78. The van der Waals surface area contributed by atoms with Crippen LogP contribution in [0.4, 0.5) is 0 Å². The number of carbonyl (C=O) groups is 1. The molecule has 0 aliphatic rings. The van der Waals surface area contributed by atoms with Crippen LogP contribution in [0.5, 0.6) is 0 Å². The Bertz CT molecular complexity index is 377. The predicted octanol–water partition coefficient (Wildman–Crippen LogP) is 1.95. The van der Waals surface area contributed by atoms with Gasteiger partial charge in [0.1, 0.15) is 11.5 Å². The van der Waals surface area contributed by atoms with Gasteiger partial charge in [-0.1, -0.05) is 0 Å². The molecule has 0 fully saturated rings. The minimum absolute atomic E-state index is 0.441. The number of aromatic nitrogens is 2. The van der Waals surface area contributed by atoms with Crippen molar-refractivity contribution in [2.24, 2.45) is 0 Å². The second kappa shape index (κ2) is 2.91. The van der Waals surface area contributed by atoms with Gasteiger partial charge in [0.2, 0.25) is 0 Å². The van der Waals surface area contributed by atoms with Crippen LogP contribution in [-0.2, 0) is 0 Å². The van der Waals surface area contributed by atoms with Crippen LogP contribution in [0, 0.1) is 0 Å². The molecule has 0 amide bonds. The number of imidazole rings is 1. The summed E-state index contributed by atoms with van der Waals surface area (Å²) in [6.07, 6.45) is 2.33. The van der Waals surface area contributed by atoms with Gasteiger partial charge in [0.15, 0.2) is 6.29 Å². The summed E-state index contributed by atoms with van der Waals surface area (Å²) >= 11 is 1.60. The zero-order chi connectivity index (χ0) is 8.39. The SMILES string of the molecule is O=Cc1c[nH]c(-c2ccsc2)n1. The summed E-state index contributed by atoms with van der Waals surface area (Å²) in [6.45, 7) is 0. The summed E-state index contributed by atoms with van der Waals surface area (Å²) in [5.41, 5.74) is 1.46. The molecule has 0 unspecified atom stereocenters.